The molecule has 2 aromatic carbocycles. The zero-order valence-corrected chi connectivity index (χ0v) is 15.1. The van der Waals surface area contributed by atoms with Crippen molar-refractivity contribution in [2.75, 3.05) is 26.2 Å². The fourth-order valence-electron chi connectivity index (χ4n) is 1.97. The quantitative estimate of drug-likeness (QED) is 0.824. The third-order valence-corrected chi connectivity index (χ3v) is 5.66. The normalized spacial score (nSPS) is 11.4. The van der Waals surface area contributed by atoms with Crippen LogP contribution in [0.15, 0.2) is 53.4 Å². The van der Waals surface area contributed by atoms with Crippen LogP contribution >= 0.6 is 11.6 Å². The van der Waals surface area contributed by atoms with E-state index in [9.17, 15) is 13.2 Å². The standard InChI is InChI=1S/C16H18ClN3O3S/c1-19(2)24(22,23)15-11-12(9-10-14(15)17)16(21)18-20(3)13-7-5-4-6-8-13/h4-11H,1-3H3,(H,18,21). The van der Waals surface area contributed by atoms with Gasteiger partial charge in [0.25, 0.3) is 5.91 Å². The van der Waals surface area contributed by atoms with Gasteiger partial charge in [-0.3, -0.25) is 15.2 Å². The number of benzene rings is 2. The maximum Gasteiger partial charge on any atom is 0.269 e. The molecule has 1 N–H and O–H groups in total. The van der Waals surface area contributed by atoms with Gasteiger partial charge in [0.15, 0.2) is 0 Å². The van der Waals surface area contributed by atoms with Crippen LogP contribution in [-0.4, -0.2) is 39.8 Å². The first-order chi connectivity index (χ1) is 11.2. The number of nitrogens with zero attached hydrogens (tertiary/aromatic N) is 2. The van der Waals surface area contributed by atoms with Crippen molar-refractivity contribution in [1.29, 1.82) is 0 Å². The predicted octanol–water partition coefficient (Wildman–Crippen LogP) is 2.37. The Morgan fingerprint density at radius 1 is 1.04 bits per heavy atom. The second-order valence-corrected chi connectivity index (χ2v) is 7.80. The van der Waals surface area contributed by atoms with E-state index < -0.39 is 15.9 Å². The van der Waals surface area contributed by atoms with Crippen LogP contribution in [0.2, 0.25) is 5.02 Å². The number of nitrogens with one attached hydrogen (secondary N) is 1. The summed E-state index contributed by atoms with van der Waals surface area (Å²) in [5.74, 6) is -0.437. The van der Waals surface area contributed by atoms with Crippen molar-refractivity contribution >= 4 is 33.2 Å². The molecule has 0 fully saturated rings. The minimum Gasteiger partial charge on any atom is -0.288 e. The molecule has 0 spiro atoms. The van der Waals surface area contributed by atoms with E-state index in [0.29, 0.717) is 0 Å². The van der Waals surface area contributed by atoms with Gasteiger partial charge in [-0.1, -0.05) is 29.8 Å². The number of carbonyl (C=O) groups is 1. The van der Waals surface area contributed by atoms with Gasteiger partial charge in [0, 0.05) is 26.7 Å². The molecule has 0 aliphatic carbocycles. The first-order valence-corrected chi connectivity index (χ1v) is 8.87. The molecule has 0 saturated carbocycles. The molecule has 2 aromatic rings. The first-order valence-electron chi connectivity index (χ1n) is 7.05. The molecule has 0 aromatic heterocycles. The van der Waals surface area contributed by atoms with Gasteiger partial charge in [0.1, 0.15) is 4.90 Å². The summed E-state index contributed by atoms with van der Waals surface area (Å²) in [5.41, 5.74) is 3.67. The van der Waals surface area contributed by atoms with E-state index in [-0.39, 0.29) is 15.5 Å². The highest BCUT2D eigenvalue weighted by molar-refractivity contribution is 7.89. The lowest BCUT2D eigenvalue weighted by Crippen LogP contribution is -2.39. The Hall–Kier alpha value is -2.09. The molecular formula is C16H18ClN3O3S. The lowest BCUT2D eigenvalue weighted by atomic mass is 10.2. The molecule has 0 bridgehead atoms. The minimum absolute atomic E-state index is 0.0664. The van der Waals surface area contributed by atoms with E-state index in [1.807, 2.05) is 30.3 Å². The second kappa shape index (κ2) is 7.21. The first kappa shape index (κ1) is 18.3. The SMILES string of the molecule is CN(NC(=O)c1ccc(Cl)c(S(=O)(=O)N(C)C)c1)c1ccccc1. The van der Waals surface area contributed by atoms with Gasteiger partial charge in [-0.15, -0.1) is 0 Å². The summed E-state index contributed by atoms with van der Waals surface area (Å²) in [7, 11) is 0.767. The molecule has 8 heteroatoms. The Labute approximate surface area is 146 Å². The van der Waals surface area contributed by atoms with Gasteiger partial charge in [-0.05, 0) is 30.3 Å². The number of rotatable bonds is 5. The highest BCUT2D eigenvalue weighted by atomic mass is 35.5. The Bertz CT molecular complexity index is 839. The Balaban J connectivity index is 2.28. The lowest BCUT2D eigenvalue weighted by molar-refractivity contribution is 0.0951. The summed E-state index contributed by atoms with van der Waals surface area (Å²) in [5, 5.41) is 1.62. The molecule has 0 saturated heterocycles. The number of carbonyl (C=O) groups excluding carboxylic acids is 1. The summed E-state index contributed by atoms with van der Waals surface area (Å²) in [6, 6.07) is 13.4. The van der Waals surface area contributed by atoms with E-state index in [1.54, 1.807) is 12.1 Å². The van der Waals surface area contributed by atoms with Crippen LogP contribution in [0.1, 0.15) is 10.4 Å². The van der Waals surface area contributed by atoms with Crippen LogP contribution in [0, 0.1) is 0 Å². The summed E-state index contributed by atoms with van der Waals surface area (Å²) in [6.07, 6.45) is 0. The number of sulfonamides is 1. The second-order valence-electron chi connectivity index (χ2n) is 5.27. The minimum atomic E-state index is -3.74. The van der Waals surface area contributed by atoms with Crippen molar-refractivity contribution in [1.82, 2.24) is 9.73 Å². The lowest BCUT2D eigenvalue weighted by Gasteiger charge is -2.20. The van der Waals surface area contributed by atoms with E-state index in [1.165, 1.54) is 32.3 Å². The number of hydrogen-bond donors (Lipinski definition) is 1. The maximum atomic E-state index is 12.4. The van der Waals surface area contributed by atoms with Gasteiger partial charge in [0.05, 0.1) is 10.7 Å². The van der Waals surface area contributed by atoms with Gasteiger partial charge in [-0.25, -0.2) is 12.7 Å². The highest BCUT2D eigenvalue weighted by Gasteiger charge is 2.22. The van der Waals surface area contributed by atoms with Crippen LogP contribution in [-0.2, 0) is 10.0 Å². The average Bonchev–Trinajstić information content (AvgIpc) is 2.55. The predicted molar refractivity (Wildman–Crippen MR) is 94.6 cm³/mol. The van der Waals surface area contributed by atoms with Gasteiger partial charge < -0.3 is 0 Å². The Morgan fingerprint density at radius 2 is 1.67 bits per heavy atom. The molecule has 0 radical (unpaired) electrons. The van der Waals surface area contributed by atoms with Crippen molar-refractivity contribution in [3.05, 3.63) is 59.1 Å². The zero-order chi connectivity index (χ0) is 17.9. The number of halogens is 1. The molecule has 6 nitrogen and oxygen atoms in total. The van der Waals surface area contributed by atoms with Gasteiger partial charge in [0.2, 0.25) is 10.0 Å². The van der Waals surface area contributed by atoms with Crippen LogP contribution in [0.5, 0.6) is 0 Å². The number of amides is 1. The van der Waals surface area contributed by atoms with E-state index in [4.69, 9.17) is 11.6 Å². The number of hydrogen-bond acceptors (Lipinski definition) is 4. The highest BCUT2D eigenvalue weighted by Crippen LogP contribution is 2.24. The third-order valence-electron chi connectivity index (χ3n) is 3.36. The zero-order valence-electron chi connectivity index (χ0n) is 13.5. The van der Waals surface area contributed by atoms with Crippen LogP contribution < -0.4 is 10.4 Å². The van der Waals surface area contributed by atoms with E-state index in [0.717, 1.165) is 9.99 Å². The van der Waals surface area contributed by atoms with Crippen molar-refractivity contribution in [2.24, 2.45) is 0 Å². The monoisotopic (exact) mass is 367 g/mol. The van der Waals surface area contributed by atoms with Crippen molar-refractivity contribution < 1.29 is 13.2 Å². The van der Waals surface area contributed by atoms with E-state index in [2.05, 4.69) is 5.43 Å². The fourth-order valence-corrected chi connectivity index (χ4v) is 3.37. The molecule has 0 atom stereocenters. The Morgan fingerprint density at radius 3 is 2.25 bits per heavy atom. The van der Waals surface area contributed by atoms with Crippen LogP contribution in [0.4, 0.5) is 5.69 Å². The smallest absolute Gasteiger partial charge is 0.269 e. The topological polar surface area (TPSA) is 69.7 Å². The summed E-state index contributed by atoms with van der Waals surface area (Å²) < 4.78 is 25.6. The van der Waals surface area contributed by atoms with Crippen LogP contribution in [0.25, 0.3) is 0 Å². The number of anilines is 1. The molecule has 24 heavy (non-hydrogen) atoms. The summed E-state index contributed by atoms with van der Waals surface area (Å²) in [4.78, 5) is 12.3. The summed E-state index contributed by atoms with van der Waals surface area (Å²) in [6.45, 7) is 0. The van der Waals surface area contributed by atoms with Gasteiger partial charge in [-0.2, -0.15) is 0 Å². The van der Waals surface area contributed by atoms with Crippen LogP contribution in [0.3, 0.4) is 0 Å². The molecule has 0 aliphatic heterocycles. The molecule has 1 amide bonds. The maximum absolute atomic E-state index is 12.4. The molecule has 0 aliphatic rings. The van der Waals surface area contributed by atoms with Crippen molar-refractivity contribution in [3.63, 3.8) is 0 Å². The number of para-hydroxylation sites is 1. The molecule has 0 unspecified atom stereocenters. The van der Waals surface area contributed by atoms with Crippen molar-refractivity contribution in [3.8, 4) is 0 Å². The summed E-state index contributed by atoms with van der Waals surface area (Å²) >= 11 is 5.98. The van der Waals surface area contributed by atoms with Gasteiger partial charge >= 0.3 is 0 Å². The largest absolute Gasteiger partial charge is 0.288 e. The molecular weight excluding hydrogens is 350 g/mol. The fraction of sp³-hybridized carbons (Fsp3) is 0.188. The molecule has 0 heterocycles. The Kier molecular flexibility index (Phi) is 5.48. The number of hydrazine groups is 1. The molecule has 2 rings (SSSR count). The third kappa shape index (κ3) is 3.87. The molecule has 128 valence electrons. The average molecular weight is 368 g/mol. The van der Waals surface area contributed by atoms with Crippen molar-refractivity contribution in [2.45, 2.75) is 4.90 Å². The van der Waals surface area contributed by atoms with E-state index >= 15 is 0 Å².